The predicted molar refractivity (Wildman–Crippen MR) is 135 cm³/mol. The number of amides is 2. The number of rotatable bonds is 11. The highest BCUT2D eigenvalue weighted by atomic mass is 16.5. The van der Waals surface area contributed by atoms with Crippen molar-refractivity contribution >= 4 is 18.0 Å². The number of carbonyl (C=O) groups is 3. The number of hydrogen-bond acceptors (Lipinski definition) is 4. The maximum atomic E-state index is 13.2. The molecule has 0 radical (unpaired) electrons. The van der Waals surface area contributed by atoms with Crippen LogP contribution in [0.2, 0.25) is 0 Å². The molecule has 2 aromatic carbocycles. The van der Waals surface area contributed by atoms with E-state index in [1.54, 1.807) is 13.8 Å². The monoisotopic (exact) mass is 480 g/mol. The number of carboxylic acids is 1. The second kappa shape index (κ2) is 11.9. The van der Waals surface area contributed by atoms with Crippen LogP contribution in [0.3, 0.4) is 0 Å². The molecule has 2 N–H and O–H groups in total. The third-order valence-electron chi connectivity index (χ3n) is 6.58. The molecule has 0 saturated carbocycles. The number of aliphatic carboxylic acids is 1. The third-order valence-corrected chi connectivity index (χ3v) is 6.58. The minimum absolute atomic E-state index is 0.0680. The average molecular weight is 481 g/mol. The van der Waals surface area contributed by atoms with Gasteiger partial charge in [0.2, 0.25) is 5.91 Å². The highest BCUT2D eigenvalue weighted by molar-refractivity contribution is 5.86. The molecule has 1 aliphatic rings. The number of fused-ring (bicyclic) bond motifs is 3. The van der Waals surface area contributed by atoms with E-state index in [1.807, 2.05) is 24.3 Å². The zero-order valence-electron chi connectivity index (χ0n) is 21.0. The van der Waals surface area contributed by atoms with Crippen molar-refractivity contribution in [2.45, 2.75) is 52.5 Å². The van der Waals surface area contributed by atoms with E-state index < -0.39 is 24.0 Å². The highest BCUT2D eigenvalue weighted by Crippen LogP contribution is 2.44. The molecule has 0 aliphatic heterocycles. The van der Waals surface area contributed by atoms with Crippen molar-refractivity contribution < 1.29 is 24.2 Å². The zero-order valence-corrected chi connectivity index (χ0v) is 21.0. The first kappa shape index (κ1) is 26.3. The Kier molecular flexibility index (Phi) is 8.90. The molecule has 7 heteroatoms. The van der Waals surface area contributed by atoms with E-state index in [9.17, 15) is 19.5 Å². The minimum atomic E-state index is -0.959. The van der Waals surface area contributed by atoms with Crippen LogP contribution in [0.15, 0.2) is 48.5 Å². The third kappa shape index (κ3) is 6.41. The van der Waals surface area contributed by atoms with Gasteiger partial charge in [-0.3, -0.25) is 9.59 Å². The number of carboxylic acid groups (broad SMARTS) is 1. The predicted octanol–water partition coefficient (Wildman–Crippen LogP) is 4.90. The summed E-state index contributed by atoms with van der Waals surface area (Å²) >= 11 is 0. The Morgan fingerprint density at radius 3 is 2.06 bits per heavy atom. The Labute approximate surface area is 207 Å². The molecule has 2 aromatic rings. The van der Waals surface area contributed by atoms with Gasteiger partial charge in [-0.2, -0.15) is 0 Å². The Morgan fingerprint density at radius 2 is 1.54 bits per heavy atom. The van der Waals surface area contributed by atoms with Gasteiger partial charge in [0.1, 0.15) is 12.6 Å². The van der Waals surface area contributed by atoms with Crippen molar-refractivity contribution in [1.29, 1.82) is 0 Å². The second-order valence-electron chi connectivity index (χ2n) is 9.61. The summed E-state index contributed by atoms with van der Waals surface area (Å²) in [5, 5.41) is 12.0. The molecule has 0 bridgehead atoms. The van der Waals surface area contributed by atoms with Gasteiger partial charge in [-0.25, -0.2) is 4.79 Å². The molecule has 2 unspecified atom stereocenters. The average Bonchev–Trinajstić information content (AvgIpc) is 3.16. The lowest BCUT2D eigenvalue weighted by Crippen LogP contribution is -2.50. The normalized spacial score (nSPS) is 14.1. The fraction of sp³-hybridized carbons (Fsp3) is 0.464. The first-order valence-corrected chi connectivity index (χ1v) is 12.4. The van der Waals surface area contributed by atoms with Gasteiger partial charge in [0.05, 0.1) is 5.92 Å². The van der Waals surface area contributed by atoms with Crippen LogP contribution in [0.4, 0.5) is 4.79 Å². The number of alkyl carbamates (subject to hydrolysis) is 1. The number of benzene rings is 2. The van der Waals surface area contributed by atoms with E-state index >= 15 is 0 Å². The molecule has 0 heterocycles. The number of nitrogens with zero attached hydrogens (tertiary/aromatic N) is 1. The zero-order chi connectivity index (χ0) is 25.5. The summed E-state index contributed by atoms with van der Waals surface area (Å²) in [6.07, 6.45) is 0.557. The Hall–Kier alpha value is -3.35. The van der Waals surface area contributed by atoms with Gasteiger partial charge in [0, 0.05) is 19.0 Å². The lowest BCUT2D eigenvalue weighted by molar-refractivity contribution is -0.143. The summed E-state index contributed by atoms with van der Waals surface area (Å²) < 4.78 is 5.64. The SMILES string of the molecule is CCN(CC(C)C(=O)O)C(=O)C(CCC(C)C)NC(=O)OCC1c2ccccc2-c2ccccc21. The van der Waals surface area contributed by atoms with Crippen molar-refractivity contribution in [1.82, 2.24) is 10.2 Å². The number of likely N-dealkylation sites (N-methyl/N-ethyl adjacent to an activating group) is 1. The van der Waals surface area contributed by atoms with Gasteiger partial charge >= 0.3 is 12.1 Å². The summed E-state index contributed by atoms with van der Waals surface area (Å²) in [6.45, 7) is 8.10. The van der Waals surface area contributed by atoms with E-state index in [-0.39, 0.29) is 25.0 Å². The Balaban J connectivity index is 1.69. The van der Waals surface area contributed by atoms with Crippen LogP contribution < -0.4 is 5.32 Å². The maximum Gasteiger partial charge on any atom is 0.407 e. The van der Waals surface area contributed by atoms with Crippen molar-refractivity contribution in [3.63, 3.8) is 0 Å². The first-order valence-electron chi connectivity index (χ1n) is 12.4. The minimum Gasteiger partial charge on any atom is -0.481 e. The summed E-state index contributed by atoms with van der Waals surface area (Å²) in [4.78, 5) is 38.8. The molecule has 35 heavy (non-hydrogen) atoms. The molecular formula is C28H36N2O5. The quantitative estimate of drug-likeness (QED) is 0.477. The van der Waals surface area contributed by atoms with Crippen molar-refractivity contribution in [2.75, 3.05) is 19.7 Å². The van der Waals surface area contributed by atoms with Gasteiger partial charge in [-0.15, -0.1) is 0 Å². The Bertz CT molecular complexity index is 1010. The molecule has 1 aliphatic carbocycles. The van der Waals surface area contributed by atoms with Crippen LogP contribution in [0, 0.1) is 11.8 Å². The molecule has 0 spiro atoms. The fourth-order valence-corrected chi connectivity index (χ4v) is 4.54. The van der Waals surface area contributed by atoms with E-state index in [2.05, 4.69) is 43.4 Å². The van der Waals surface area contributed by atoms with Crippen LogP contribution >= 0.6 is 0 Å². The van der Waals surface area contributed by atoms with Gasteiger partial charge in [0.15, 0.2) is 0 Å². The van der Waals surface area contributed by atoms with Crippen molar-refractivity contribution in [3.8, 4) is 11.1 Å². The molecular weight excluding hydrogens is 444 g/mol. The Morgan fingerprint density at radius 1 is 0.971 bits per heavy atom. The molecule has 2 atom stereocenters. The van der Waals surface area contributed by atoms with Crippen LogP contribution in [0.25, 0.3) is 11.1 Å². The second-order valence-corrected chi connectivity index (χ2v) is 9.61. The van der Waals surface area contributed by atoms with Crippen LogP contribution in [0.5, 0.6) is 0 Å². The number of ether oxygens (including phenoxy) is 1. The van der Waals surface area contributed by atoms with Crippen molar-refractivity contribution in [2.24, 2.45) is 11.8 Å². The standard InChI is InChI=1S/C28H36N2O5/c1-5-30(16-19(4)27(32)33)26(31)25(15-14-18(2)3)29-28(34)35-17-24-22-12-8-6-10-20(22)21-11-7-9-13-23(21)24/h6-13,18-19,24-25H,5,14-17H2,1-4H3,(H,29,34)(H,32,33). The summed E-state index contributed by atoms with van der Waals surface area (Å²) in [6, 6.07) is 15.5. The molecule has 3 rings (SSSR count). The fourth-order valence-electron chi connectivity index (χ4n) is 4.54. The lowest BCUT2D eigenvalue weighted by atomic mass is 9.98. The molecule has 0 saturated heterocycles. The highest BCUT2D eigenvalue weighted by Gasteiger charge is 2.31. The number of hydrogen-bond donors (Lipinski definition) is 2. The van der Waals surface area contributed by atoms with Gasteiger partial charge in [0.25, 0.3) is 0 Å². The lowest BCUT2D eigenvalue weighted by Gasteiger charge is -2.28. The maximum absolute atomic E-state index is 13.2. The number of carbonyl (C=O) groups excluding carboxylic acids is 2. The molecule has 7 nitrogen and oxygen atoms in total. The van der Waals surface area contributed by atoms with Gasteiger partial charge < -0.3 is 20.1 Å². The van der Waals surface area contributed by atoms with Gasteiger partial charge in [-0.05, 0) is 47.9 Å². The molecule has 2 amide bonds. The topological polar surface area (TPSA) is 95.9 Å². The number of nitrogens with one attached hydrogen (secondary N) is 1. The van der Waals surface area contributed by atoms with E-state index in [0.29, 0.717) is 18.9 Å². The summed E-state index contributed by atoms with van der Waals surface area (Å²) in [5.74, 6) is -1.66. The van der Waals surface area contributed by atoms with E-state index in [0.717, 1.165) is 28.7 Å². The van der Waals surface area contributed by atoms with Crippen LogP contribution in [-0.2, 0) is 14.3 Å². The van der Waals surface area contributed by atoms with E-state index in [1.165, 1.54) is 4.90 Å². The van der Waals surface area contributed by atoms with E-state index in [4.69, 9.17) is 4.74 Å². The van der Waals surface area contributed by atoms with Crippen LogP contribution in [0.1, 0.15) is 57.6 Å². The largest absolute Gasteiger partial charge is 0.481 e. The smallest absolute Gasteiger partial charge is 0.407 e. The van der Waals surface area contributed by atoms with Crippen molar-refractivity contribution in [3.05, 3.63) is 59.7 Å². The molecule has 0 aromatic heterocycles. The van der Waals surface area contributed by atoms with Crippen LogP contribution in [-0.4, -0.2) is 53.7 Å². The van der Waals surface area contributed by atoms with Gasteiger partial charge in [-0.1, -0.05) is 69.3 Å². The molecule has 188 valence electrons. The first-order chi connectivity index (χ1) is 16.7. The summed E-state index contributed by atoms with van der Waals surface area (Å²) in [5.41, 5.74) is 4.53. The molecule has 0 fully saturated rings. The summed E-state index contributed by atoms with van der Waals surface area (Å²) in [7, 11) is 0.